The average molecular weight is 386 g/mol. The summed E-state index contributed by atoms with van der Waals surface area (Å²) >= 11 is 0. The van der Waals surface area contributed by atoms with Gasteiger partial charge in [0.1, 0.15) is 5.75 Å². The smallest absolute Gasteiger partial charge is 0.225 e. The summed E-state index contributed by atoms with van der Waals surface area (Å²) in [5, 5.41) is 7.47. The Morgan fingerprint density at radius 2 is 1.93 bits per heavy atom. The maximum atomic E-state index is 12.3. The van der Waals surface area contributed by atoms with Gasteiger partial charge >= 0.3 is 0 Å². The Kier molecular flexibility index (Phi) is 6.04. The molecule has 0 bridgehead atoms. The lowest BCUT2D eigenvalue weighted by Crippen LogP contribution is -2.51. The number of hydrogen-bond donors (Lipinski definition) is 3. The molecule has 1 aromatic heterocycles. The maximum Gasteiger partial charge on any atom is 0.225 e. The molecule has 0 aliphatic carbocycles. The third-order valence-corrected chi connectivity index (χ3v) is 5.15. The number of H-pyrrole nitrogens is 1. The second kappa shape index (κ2) is 8.46. The summed E-state index contributed by atoms with van der Waals surface area (Å²) in [7, 11) is 1.67. The van der Waals surface area contributed by atoms with Crippen molar-refractivity contribution in [1.82, 2.24) is 15.6 Å². The fraction of sp³-hybridized carbons (Fsp3) is 0.286. The highest BCUT2D eigenvalue weighted by Crippen LogP contribution is 2.31. The molecule has 1 atom stereocenters. The number of aromatic amines is 1. The first-order chi connectivity index (χ1) is 12.8. The first-order valence-electron chi connectivity index (χ1n) is 8.94. The fourth-order valence-electron chi connectivity index (χ4n) is 3.45. The van der Waals surface area contributed by atoms with E-state index in [0.29, 0.717) is 6.54 Å². The zero-order valence-electron chi connectivity index (χ0n) is 15.2. The summed E-state index contributed by atoms with van der Waals surface area (Å²) < 4.78 is 5.28. The average Bonchev–Trinajstić information content (AvgIpc) is 3.05. The lowest BCUT2D eigenvalue weighted by Gasteiger charge is -2.27. The number of carbonyl (C=O) groups excluding carboxylic acids is 1. The summed E-state index contributed by atoms with van der Waals surface area (Å²) in [5.41, 5.74) is 3.45. The number of ether oxygens (including phenoxy) is 1. The van der Waals surface area contributed by atoms with E-state index in [1.54, 1.807) is 7.11 Å². The predicted octanol–water partition coefficient (Wildman–Crippen LogP) is 3.07. The van der Waals surface area contributed by atoms with Crippen molar-refractivity contribution in [3.8, 4) is 5.75 Å². The molecule has 142 valence electrons. The molecular formula is C21H24ClN3O2. The Bertz CT molecular complexity index is 903. The molecule has 5 nitrogen and oxygen atoms in total. The molecule has 6 heteroatoms. The number of hydrogen-bond acceptors (Lipinski definition) is 3. The van der Waals surface area contributed by atoms with Gasteiger partial charge < -0.3 is 20.4 Å². The third kappa shape index (κ3) is 3.94. The molecule has 1 aliphatic rings. The topological polar surface area (TPSA) is 66.2 Å². The minimum Gasteiger partial charge on any atom is -0.497 e. The van der Waals surface area contributed by atoms with E-state index in [9.17, 15) is 4.79 Å². The van der Waals surface area contributed by atoms with Gasteiger partial charge in [0.15, 0.2) is 0 Å². The van der Waals surface area contributed by atoms with Crippen LogP contribution >= 0.6 is 12.4 Å². The van der Waals surface area contributed by atoms with E-state index in [4.69, 9.17) is 4.74 Å². The highest BCUT2D eigenvalue weighted by atomic mass is 35.5. The van der Waals surface area contributed by atoms with Crippen LogP contribution in [0.25, 0.3) is 10.9 Å². The third-order valence-electron chi connectivity index (χ3n) is 5.15. The maximum absolute atomic E-state index is 12.3. The zero-order valence-corrected chi connectivity index (χ0v) is 16.0. The van der Waals surface area contributed by atoms with Gasteiger partial charge in [-0.1, -0.05) is 30.3 Å². The van der Waals surface area contributed by atoms with Crippen molar-refractivity contribution in [2.45, 2.75) is 5.92 Å². The van der Waals surface area contributed by atoms with Crippen LogP contribution in [0.4, 0.5) is 0 Å². The van der Waals surface area contributed by atoms with Gasteiger partial charge in [-0.3, -0.25) is 4.79 Å². The van der Waals surface area contributed by atoms with Gasteiger partial charge in [-0.15, -0.1) is 12.4 Å². The number of fused-ring (bicyclic) bond motifs is 1. The van der Waals surface area contributed by atoms with Gasteiger partial charge in [0, 0.05) is 42.7 Å². The van der Waals surface area contributed by atoms with Gasteiger partial charge in [0.25, 0.3) is 0 Å². The molecule has 0 radical (unpaired) electrons. The van der Waals surface area contributed by atoms with Crippen molar-refractivity contribution in [2.24, 2.45) is 5.92 Å². The second-order valence-corrected chi connectivity index (χ2v) is 6.72. The second-order valence-electron chi connectivity index (χ2n) is 6.72. The first kappa shape index (κ1) is 19.3. The van der Waals surface area contributed by atoms with Gasteiger partial charge in [-0.2, -0.15) is 0 Å². The van der Waals surface area contributed by atoms with Gasteiger partial charge in [0.2, 0.25) is 5.91 Å². The van der Waals surface area contributed by atoms with Crippen molar-refractivity contribution in [1.29, 1.82) is 0 Å². The van der Waals surface area contributed by atoms with E-state index < -0.39 is 0 Å². The lowest BCUT2D eigenvalue weighted by molar-refractivity contribution is -0.126. The molecular weight excluding hydrogens is 362 g/mol. The molecule has 0 spiro atoms. The van der Waals surface area contributed by atoms with Crippen LogP contribution in [0.1, 0.15) is 17.0 Å². The van der Waals surface area contributed by atoms with E-state index >= 15 is 0 Å². The van der Waals surface area contributed by atoms with E-state index in [0.717, 1.165) is 29.9 Å². The summed E-state index contributed by atoms with van der Waals surface area (Å²) in [4.78, 5) is 15.7. The molecule has 1 aliphatic heterocycles. The zero-order chi connectivity index (χ0) is 17.9. The highest BCUT2D eigenvalue weighted by Gasteiger charge is 2.26. The molecule has 0 saturated carbocycles. The van der Waals surface area contributed by atoms with Gasteiger partial charge in [0.05, 0.1) is 13.0 Å². The van der Waals surface area contributed by atoms with Crippen LogP contribution in [0.3, 0.4) is 0 Å². The van der Waals surface area contributed by atoms with Crippen molar-refractivity contribution in [3.63, 3.8) is 0 Å². The van der Waals surface area contributed by atoms with Crippen molar-refractivity contribution >= 4 is 29.2 Å². The van der Waals surface area contributed by atoms with Crippen LogP contribution < -0.4 is 15.4 Å². The summed E-state index contributed by atoms with van der Waals surface area (Å²) in [6, 6.07) is 16.3. The molecule has 1 amide bonds. The van der Waals surface area contributed by atoms with Crippen LogP contribution in [0.15, 0.2) is 54.7 Å². The Hall–Kier alpha value is -2.50. The Balaban J connectivity index is 0.00000210. The van der Waals surface area contributed by atoms with E-state index in [1.807, 2.05) is 24.3 Å². The largest absolute Gasteiger partial charge is 0.497 e. The van der Waals surface area contributed by atoms with Crippen molar-refractivity contribution in [3.05, 3.63) is 65.9 Å². The number of rotatable bonds is 6. The SMILES string of the molecule is COc1ccc(C(CNC(=O)C2CNC2)c2c[nH]c3ccccc23)cc1.Cl. The predicted molar refractivity (Wildman–Crippen MR) is 110 cm³/mol. The number of methoxy groups -OCH3 is 1. The van der Waals surface area contributed by atoms with E-state index in [2.05, 4.69) is 46.1 Å². The van der Waals surface area contributed by atoms with Crippen molar-refractivity contribution < 1.29 is 9.53 Å². The standard InChI is InChI=1S/C21H23N3O2.ClH/c1-26-16-8-6-14(7-9-16)18(12-24-21(25)15-10-22-11-15)19-13-23-20-5-3-2-4-17(19)20;/h2-9,13,15,18,22-23H,10-12H2,1H3,(H,24,25);1H. The molecule has 1 unspecified atom stereocenters. The van der Waals surface area contributed by atoms with Crippen LogP contribution in [-0.2, 0) is 4.79 Å². The Morgan fingerprint density at radius 1 is 1.19 bits per heavy atom. The minimum absolute atomic E-state index is 0. The van der Waals surface area contributed by atoms with Crippen LogP contribution in [-0.4, -0.2) is 37.6 Å². The summed E-state index contributed by atoms with van der Waals surface area (Å²) in [6.07, 6.45) is 2.05. The fourth-order valence-corrected chi connectivity index (χ4v) is 3.45. The molecule has 3 aromatic rings. The van der Waals surface area contributed by atoms with Crippen LogP contribution in [0.2, 0.25) is 0 Å². The molecule has 4 rings (SSSR count). The lowest BCUT2D eigenvalue weighted by atomic mass is 9.90. The molecule has 1 fully saturated rings. The summed E-state index contributed by atoms with van der Waals surface area (Å²) in [5.74, 6) is 1.13. The number of para-hydroxylation sites is 1. The van der Waals surface area contributed by atoms with Gasteiger partial charge in [-0.05, 0) is 29.3 Å². The normalized spacial score (nSPS) is 14.9. The Labute approximate surface area is 164 Å². The number of amides is 1. The molecule has 27 heavy (non-hydrogen) atoms. The first-order valence-corrected chi connectivity index (χ1v) is 8.94. The number of halogens is 1. The number of carbonyl (C=O) groups is 1. The van der Waals surface area contributed by atoms with Crippen LogP contribution in [0.5, 0.6) is 5.75 Å². The molecule has 3 N–H and O–H groups in total. The number of aromatic nitrogens is 1. The number of benzene rings is 2. The van der Waals surface area contributed by atoms with E-state index in [1.165, 1.54) is 10.9 Å². The van der Waals surface area contributed by atoms with Crippen LogP contribution in [0, 0.1) is 5.92 Å². The molecule has 2 heterocycles. The minimum atomic E-state index is 0. The monoisotopic (exact) mass is 385 g/mol. The van der Waals surface area contributed by atoms with E-state index in [-0.39, 0.29) is 30.2 Å². The molecule has 1 saturated heterocycles. The highest BCUT2D eigenvalue weighted by molar-refractivity contribution is 5.85. The quantitative estimate of drug-likeness (QED) is 0.611. The Morgan fingerprint density at radius 3 is 2.59 bits per heavy atom. The molecule has 2 aromatic carbocycles. The number of nitrogens with one attached hydrogen (secondary N) is 3. The summed E-state index contributed by atoms with van der Waals surface area (Å²) in [6.45, 7) is 2.11. The van der Waals surface area contributed by atoms with Crippen molar-refractivity contribution in [2.75, 3.05) is 26.7 Å². The van der Waals surface area contributed by atoms with Gasteiger partial charge in [-0.25, -0.2) is 0 Å².